The van der Waals surface area contributed by atoms with Gasteiger partial charge < -0.3 is 5.11 Å². The summed E-state index contributed by atoms with van der Waals surface area (Å²) >= 11 is 3.41. The van der Waals surface area contributed by atoms with E-state index >= 15 is 0 Å². The number of rotatable bonds is 4. The molecule has 0 heterocycles. The quantitative estimate of drug-likeness (QED) is 0.904. The maximum atomic E-state index is 13.1. The van der Waals surface area contributed by atoms with Gasteiger partial charge in [0.15, 0.2) is 11.6 Å². The Morgan fingerprint density at radius 3 is 2.42 bits per heavy atom. The van der Waals surface area contributed by atoms with Crippen LogP contribution in [0.15, 0.2) is 46.9 Å². The maximum Gasteiger partial charge on any atom is 0.159 e. The van der Waals surface area contributed by atoms with E-state index in [1.165, 1.54) is 6.07 Å². The Balaban J connectivity index is 2.03. The summed E-state index contributed by atoms with van der Waals surface area (Å²) in [6.45, 7) is 0. The van der Waals surface area contributed by atoms with Crippen molar-refractivity contribution < 1.29 is 13.9 Å². The molecule has 0 aromatic heterocycles. The SMILES string of the molecule is OC(Cc1ccc(F)c(F)c1)Cc1ccccc1Br. The third-order valence-electron chi connectivity index (χ3n) is 2.87. The lowest BCUT2D eigenvalue weighted by molar-refractivity contribution is 0.175. The van der Waals surface area contributed by atoms with E-state index < -0.39 is 17.7 Å². The van der Waals surface area contributed by atoms with Gasteiger partial charge in [-0.2, -0.15) is 0 Å². The van der Waals surface area contributed by atoms with Crippen LogP contribution in [0.1, 0.15) is 11.1 Å². The Morgan fingerprint density at radius 1 is 1.00 bits per heavy atom. The van der Waals surface area contributed by atoms with Crippen LogP contribution in [-0.2, 0) is 12.8 Å². The molecule has 0 spiro atoms. The standard InChI is InChI=1S/C15H13BrF2O/c16-13-4-2-1-3-11(13)9-12(19)7-10-5-6-14(17)15(18)8-10/h1-6,8,12,19H,7,9H2. The molecule has 2 rings (SSSR count). The highest BCUT2D eigenvalue weighted by molar-refractivity contribution is 9.10. The van der Waals surface area contributed by atoms with E-state index in [9.17, 15) is 13.9 Å². The van der Waals surface area contributed by atoms with Gasteiger partial charge in [0.25, 0.3) is 0 Å². The van der Waals surface area contributed by atoms with Crippen LogP contribution in [-0.4, -0.2) is 11.2 Å². The van der Waals surface area contributed by atoms with Crippen molar-refractivity contribution in [1.82, 2.24) is 0 Å². The number of halogens is 3. The highest BCUT2D eigenvalue weighted by Crippen LogP contribution is 2.19. The normalized spacial score (nSPS) is 12.4. The van der Waals surface area contributed by atoms with E-state index in [4.69, 9.17) is 0 Å². The van der Waals surface area contributed by atoms with E-state index in [0.29, 0.717) is 18.4 Å². The average molecular weight is 327 g/mol. The third kappa shape index (κ3) is 3.85. The van der Waals surface area contributed by atoms with Gasteiger partial charge in [-0.25, -0.2) is 8.78 Å². The molecular formula is C15H13BrF2O. The molecular weight excluding hydrogens is 314 g/mol. The summed E-state index contributed by atoms with van der Waals surface area (Å²) in [5.74, 6) is -1.75. The second kappa shape index (κ2) is 6.26. The van der Waals surface area contributed by atoms with E-state index in [0.717, 1.165) is 22.2 Å². The molecule has 2 aromatic rings. The Hall–Kier alpha value is -1.26. The van der Waals surface area contributed by atoms with Crippen molar-refractivity contribution >= 4 is 15.9 Å². The van der Waals surface area contributed by atoms with Crippen LogP contribution in [0, 0.1) is 11.6 Å². The van der Waals surface area contributed by atoms with Gasteiger partial charge in [0.05, 0.1) is 6.10 Å². The molecule has 0 bridgehead atoms. The first-order chi connectivity index (χ1) is 9.06. The predicted molar refractivity (Wildman–Crippen MR) is 73.9 cm³/mol. The molecule has 0 fully saturated rings. The Kier molecular flexibility index (Phi) is 4.66. The monoisotopic (exact) mass is 326 g/mol. The largest absolute Gasteiger partial charge is 0.392 e. The highest BCUT2D eigenvalue weighted by Gasteiger charge is 2.10. The molecule has 1 unspecified atom stereocenters. The third-order valence-corrected chi connectivity index (χ3v) is 3.64. The summed E-state index contributed by atoms with van der Waals surface area (Å²) in [4.78, 5) is 0. The van der Waals surface area contributed by atoms with Gasteiger partial charge in [-0.15, -0.1) is 0 Å². The van der Waals surface area contributed by atoms with Crippen LogP contribution in [0.5, 0.6) is 0 Å². The molecule has 0 amide bonds. The first-order valence-corrected chi connectivity index (χ1v) is 6.71. The van der Waals surface area contributed by atoms with E-state index in [1.807, 2.05) is 24.3 Å². The van der Waals surface area contributed by atoms with Gasteiger partial charge in [-0.3, -0.25) is 0 Å². The summed E-state index contributed by atoms with van der Waals surface area (Å²) in [5.41, 5.74) is 1.57. The van der Waals surface area contributed by atoms with Gasteiger partial charge in [-0.1, -0.05) is 40.2 Å². The average Bonchev–Trinajstić information content (AvgIpc) is 2.37. The van der Waals surface area contributed by atoms with Crippen molar-refractivity contribution in [2.75, 3.05) is 0 Å². The van der Waals surface area contributed by atoms with Crippen molar-refractivity contribution in [3.05, 3.63) is 69.7 Å². The Bertz CT molecular complexity index is 572. The fraction of sp³-hybridized carbons (Fsp3) is 0.200. The topological polar surface area (TPSA) is 20.2 Å². The van der Waals surface area contributed by atoms with Crippen LogP contribution < -0.4 is 0 Å². The molecule has 19 heavy (non-hydrogen) atoms. The first-order valence-electron chi connectivity index (χ1n) is 5.91. The van der Waals surface area contributed by atoms with Gasteiger partial charge in [0.2, 0.25) is 0 Å². The summed E-state index contributed by atoms with van der Waals surface area (Å²) in [7, 11) is 0. The van der Waals surface area contributed by atoms with Gasteiger partial charge in [0, 0.05) is 4.47 Å². The summed E-state index contributed by atoms with van der Waals surface area (Å²) < 4.78 is 26.8. The van der Waals surface area contributed by atoms with Gasteiger partial charge in [-0.05, 0) is 42.2 Å². The molecule has 4 heteroatoms. The van der Waals surface area contributed by atoms with Crippen LogP contribution in [0.3, 0.4) is 0 Å². The summed E-state index contributed by atoms with van der Waals surface area (Å²) in [6.07, 6.45) is 0.113. The van der Waals surface area contributed by atoms with Crippen molar-refractivity contribution in [1.29, 1.82) is 0 Å². The molecule has 0 aliphatic heterocycles. The van der Waals surface area contributed by atoms with Gasteiger partial charge >= 0.3 is 0 Å². The molecule has 0 saturated carbocycles. The fourth-order valence-corrected chi connectivity index (χ4v) is 2.38. The molecule has 0 aliphatic carbocycles. The Labute approximate surface area is 119 Å². The number of hydrogen-bond acceptors (Lipinski definition) is 1. The zero-order valence-corrected chi connectivity index (χ0v) is 11.7. The maximum absolute atomic E-state index is 13.1. The molecule has 2 aromatic carbocycles. The van der Waals surface area contributed by atoms with E-state index in [2.05, 4.69) is 15.9 Å². The van der Waals surface area contributed by atoms with Crippen molar-refractivity contribution in [3.8, 4) is 0 Å². The molecule has 1 atom stereocenters. The number of aliphatic hydroxyl groups excluding tert-OH is 1. The second-order valence-electron chi connectivity index (χ2n) is 4.40. The summed E-state index contributed by atoms with van der Waals surface area (Å²) in [6, 6.07) is 11.3. The van der Waals surface area contributed by atoms with E-state index in [-0.39, 0.29) is 0 Å². The van der Waals surface area contributed by atoms with Crippen molar-refractivity contribution in [2.45, 2.75) is 18.9 Å². The minimum Gasteiger partial charge on any atom is -0.392 e. The van der Waals surface area contributed by atoms with Crippen LogP contribution in [0.25, 0.3) is 0 Å². The molecule has 1 nitrogen and oxygen atoms in total. The first kappa shape index (κ1) is 14.2. The predicted octanol–water partition coefficient (Wildman–Crippen LogP) is 3.87. The fourth-order valence-electron chi connectivity index (χ4n) is 1.93. The minimum atomic E-state index is -0.884. The van der Waals surface area contributed by atoms with Crippen LogP contribution in [0.4, 0.5) is 8.78 Å². The van der Waals surface area contributed by atoms with Crippen molar-refractivity contribution in [2.24, 2.45) is 0 Å². The minimum absolute atomic E-state index is 0.290. The molecule has 0 aliphatic rings. The summed E-state index contributed by atoms with van der Waals surface area (Å²) in [5, 5.41) is 10.0. The smallest absolute Gasteiger partial charge is 0.159 e. The van der Waals surface area contributed by atoms with Crippen LogP contribution in [0.2, 0.25) is 0 Å². The molecule has 1 N–H and O–H groups in total. The van der Waals surface area contributed by atoms with Crippen LogP contribution >= 0.6 is 15.9 Å². The van der Waals surface area contributed by atoms with Gasteiger partial charge in [0.1, 0.15) is 0 Å². The lowest BCUT2D eigenvalue weighted by Gasteiger charge is -2.12. The zero-order chi connectivity index (χ0) is 13.8. The molecule has 0 saturated heterocycles. The highest BCUT2D eigenvalue weighted by atomic mass is 79.9. The Morgan fingerprint density at radius 2 is 1.74 bits per heavy atom. The zero-order valence-electron chi connectivity index (χ0n) is 10.1. The lowest BCUT2D eigenvalue weighted by Crippen LogP contribution is -2.14. The molecule has 100 valence electrons. The number of hydrogen-bond donors (Lipinski definition) is 1. The second-order valence-corrected chi connectivity index (χ2v) is 5.26. The lowest BCUT2D eigenvalue weighted by atomic mass is 10.0. The van der Waals surface area contributed by atoms with Crippen molar-refractivity contribution in [3.63, 3.8) is 0 Å². The number of aliphatic hydroxyl groups is 1. The number of benzene rings is 2. The van der Waals surface area contributed by atoms with E-state index in [1.54, 1.807) is 0 Å². The molecule has 0 radical (unpaired) electrons.